The van der Waals surface area contributed by atoms with Crippen LogP contribution in [0.1, 0.15) is 43.1 Å². The Balaban J connectivity index is 1.64. The molecule has 1 aliphatic rings. The molecule has 2 aromatic rings. The van der Waals surface area contributed by atoms with Crippen LogP contribution in [0.3, 0.4) is 0 Å². The highest BCUT2D eigenvalue weighted by molar-refractivity contribution is 7.17. The van der Waals surface area contributed by atoms with Gasteiger partial charge in [-0.15, -0.1) is 11.3 Å². The molecule has 136 valence electrons. The number of esters is 1. The highest BCUT2D eigenvalue weighted by atomic mass is 32.1. The minimum absolute atomic E-state index is 0.0221. The zero-order chi connectivity index (χ0) is 18.8. The van der Waals surface area contributed by atoms with Crippen LogP contribution in [0, 0.1) is 12.7 Å². The lowest BCUT2D eigenvalue weighted by Crippen LogP contribution is -2.22. The maximum absolute atomic E-state index is 13.5. The van der Waals surface area contributed by atoms with Crippen LogP contribution in [0.5, 0.6) is 0 Å². The fraction of sp³-hybridized carbons (Fsp3) is 0.278. The van der Waals surface area contributed by atoms with Crippen molar-refractivity contribution in [2.45, 2.75) is 26.2 Å². The first-order valence-electron chi connectivity index (χ1n) is 8.04. The molecule has 0 atom stereocenters. The van der Waals surface area contributed by atoms with E-state index in [1.54, 1.807) is 6.92 Å². The van der Waals surface area contributed by atoms with Gasteiger partial charge in [-0.3, -0.25) is 9.59 Å². The number of hydrogen-bond acceptors (Lipinski definition) is 5. The highest BCUT2D eigenvalue weighted by Crippen LogP contribution is 2.38. The Morgan fingerprint density at radius 2 is 2.08 bits per heavy atom. The summed E-state index contributed by atoms with van der Waals surface area (Å²) >= 11 is 1.32. The Bertz CT molecular complexity index is 907. The molecule has 0 saturated carbocycles. The fourth-order valence-electron chi connectivity index (χ4n) is 2.85. The highest BCUT2D eigenvalue weighted by Gasteiger charge is 2.26. The van der Waals surface area contributed by atoms with Crippen LogP contribution in [0.2, 0.25) is 0 Å². The number of carbonyl (C=O) groups is 3. The van der Waals surface area contributed by atoms with Gasteiger partial charge >= 0.3 is 5.97 Å². The Hall–Kier alpha value is -2.74. The molecule has 0 bridgehead atoms. The van der Waals surface area contributed by atoms with E-state index in [1.165, 1.54) is 23.5 Å². The van der Waals surface area contributed by atoms with Gasteiger partial charge in [-0.25, -0.2) is 9.18 Å². The van der Waals surface area contributed by atoms with E-state index < -0.39 is 30.2 Å². The third kappa shape index (κ3) is 3.60. The standard InChI is InChI=1S/C18H17FN2O4S/c1-9-5-6-10(7-12(9)19)18(24)25-8-14(22)21-17-15(16(20)23)11-3-2-4-13(11)26-17/h5-7H,2-4,8H2,1H3,(H2,20,23)(H,21,22). The average Bonchev–Trinajstić information content (AvgIpc) is 3.15. The summed E-state index contributed by atoms with van der Waals surface area (Å²) < 4.78 is 18.4. The first-order chi connectivity index (χ1) is 12.4. The number of fused-ring (bicyclic) bond motifs is 1. The zero-order valence-electron chi connectivity index (χ0n) is 14.1. The van der Waals surface area contributed by atoms with E-state index in [0.717, 1.165) is 35.8 Å². The van der Waals surface area contributed by atoms with Crippen molar-refractivity contribution in [1.29, 1.82) is 0 Å². The van der Waals surface area contributed by atoms with Crippen molar-refractivity contribution in [3.8, 4) is 0 Å². The second-order valence-corrected chi connectivity index (χ2v) is 7.12. The van der Waals surface area contributed by atoms with Gasteiger partial charge in [-0.05, 0) is 49.4 Å². The quantitative estimate of drug-likeness (QED) is 0.784. The second-order valence-electron chi connectivity index (χ2n) is 6.01. The number of thiophene rings is 1. The molecule has 0 unspecified atom stereocenters. The summed E-state index contributed by atoms with van der Waals surface area (Å²) in [5.74, 6) is -2.51. The van der Waals surface area contributed by atoms with Crippen LogP contribution in [0.15, 0.2) is 18.2 Å². The van der Waals surface area contributed by atoms with E-state index in [1.807, 2.05) is 0 Å². The molecule has 6 nitrogen and oxygen atoms in total. The lowest BCUT2D eigenvalue weighted by atomic mass is 10.1. The third-order valence-electron chi connectivity index (χ3n) is 4.16. The van der Waals surface area contributed by atoms with E-state index in [9.17, 15) is 18.8 Å². The Kier molecular flexibility index (Phi) is 5.03. The Morgan fingerprint density at radius 3 is 2.77 bits per heavy atom. The number of halogens is 1. The van der Waals surface area contributed by atoms with Crippen molar-refractivity contribution >= 4 is 34.1 Å². The summed E-state index contributed by atoms with van der Waals surface area (Å²) in [4.78, 5) is 36.7. The van der Waals surface area contributed by atoms with E-state index >= 15 is 0 Å². The molecule has 0 aliphatic heterocycles. The molecular formula is C18H17FN2O4S. The monoisotopic (exact) mass is 376 g/mol. The van der Waals surface area contributed by atoms with Gasteiger partial charge in [0, 0.05) is 4.88 Å². The van der Waals surface area contributed by atoms with E-state index in [-0.39, 0.29) is 5.56 Å². The number of aryl methyl sites for hydroxylation is 2. The lowest BCUT2D eigenvalue weighted by Gasteiger charge is -2.07. The molecule has 8 heteroatoms. The van der Waals surface area contributed by atoms with Crippen molar-refractivity contribution in [3.05, 3.63) is 51.1 Å². The Labute approximate surface area is 153 Å². The molecular weight excluding hydrogens is 359 g/mol. The van der Waals surface area contributed by atoms with Crippen LogP contribution in [0.25, 0.3) is 0 Å². The molecule has 0 fully saturated rings. The van der Waals surface area contributed by atoms with Crippen LogP contribution in [-0.4, -0.2) is 24.4 Å². The molecule has 1 heterocycles. The summed E-state index contributed by atoms with van der Waals surface area (Å²) in [6, 6.07) is 3.94. The predicted octanol–water partition coefficient (Wildman–Crippen LogP) is 2.58. The molecule has 1 aromatic carbocycles. The zero-order valence-corrected chi connectivity index (χ0v) is 14.9. The number of nitrogens with one attached hydrogen (secondary N) is 1. The first-order valence-corrected chi connectivity index (χ1v) is 8.86. The summed E-state index contributed by atoms with van der Waals surface area (Å²) in [5.41, 5.74) is 7.09. The number of amides is 2. The van der Waals surface area contributed by atoms with Crippen molar-refractivity contribution in [3.63, 3.8) is 0 Å². The number of rotatable bonds is 5. The first kappa shape index (κ1) is 18.1. The molecule has 1 aliphatic carbocycles. The molecule has 0 saturated heterocycles. The van der Waals surface area contributed by atoms with Gasteiger partial charge in [0.1, 0.15) is 10.8 Å². The fourth-order valence-corrected chi connectivity index (χ4v) is 4.16. The van der Waals surface area contributed by atoms with Crippen molar-refractivity contribution in [1.82, 2.24) is 0 Å². The van der Waals surface area contributed by atoms with Crippen LogP contribution >= 0.6 is 11.3 Å². The van der Waals surface area contributed by atoms with Gasteiger partial charge in [0.15, 0.2) is 6.61 Å². The molecule has 2 amide bonds. The van der Waals surface area contributed by atoms with E-state index in [0.29, 0.717) is 16.1 Å². The smallest absolute Gasteiger partial charge is 0.338 e. The van der Waals surface area contributed by atoms with E-state index in [2.05, 4.69) is 5.32 Å². The lowest BCUT2D eigenvalue weighted by molar-refractivity contribution is -0.119. The van der Waals surface area contributed by atoms with Gasteiger partial charge in [0.2, 0.25) is 0 Å². The molecule has 26 heavy (non-hydrogen) atoms. The maximum atomic E-state index is 13.5. The average molecular weight is 376 g/mol. The van der Waals surface area contributed by atoms with Crippen molar-refractivity contribution in [2.24, 2.45) is 5.73 Å². The number of ether oxygens (including phenoxy) is 1. The van der Waals surface area contributed by atoms with Crippen molar-refractivity contribution < 1.29 is 23.5 Å². The maximum Gasteiger partial charge on any atom is 0.338 e. The van der Waals surface area contributed by atoms with Crippen LogP contribution in [-0.2, 0) is 22.4 Å². The van der Waals surface area contributed by atoms with Crippen LogP contribution in [0.4, 0.5) is 9.39 Å². The number of primary amides is 1. The largest absolute Gasteiger partial charge is 0.452 e. The second kappa shape index (κ2) is 7.25. The minimum atomic E-state index is -0.803. The van der Waals surface area contributed by atoms with Gasteiger partial charge in [0.05, 0.1) is 11.1 Å². The number of carbonyl (C=O) groups excluding carboxylic acids is 3. The van der Waals surface area contributed by atoms with Crippen molar-refractivity contribution in [2.75, 3.05) is 11.9 Å². The summed E-state index contributed by atoms with van der Waals surface area (Å²) in [7, 11) is 0. The third-order valence-corrected chi connectivity index (χ3v) is 5.37. The summed E-state index contributed by atoms with van der Waals surface area (Å²) in [6.07, 6.45) is 2.57. The molecule has 1 aromatic heterocycles. The summed E-state index contributed by atoms with van der Waals surface area (Å²) in [6.45, 7) is 1.03. The molecule has 0 radical (unpaired) electrons. The molecule has 3 rings (SSSR count). The van der Waals surface area contributed by atoms with Crippen LogP contribution < -0.4 is 11.1 Å². The van der Waals surface area contributed by atoms with Gasteiger partial charge in [-0.1, -0.05) is 6.07 Å². The summed E-state index contributed by atoms with van der Waals surface area (Å²) in [5, 5.41) is 2.96. The topological polar surface area (TPSA) is 98.5 Å². The molecule has 0 spiro atoms. The van der Waals surface area contributed by atoms with Gasteiger partial charge in [-0.2, -0.15) is 0 Å². The van der Waals surface area contributed by atoms with Gasteiger partial charge in [0.25, 0.3) is 11.8 Å². The van der Waals surface area contributed by atoms with Gasteiger partial charge < -0.3 is 15.8 Å². The SMILES string of the molecule is Cc1ccc(C(=O)OCC(=O)Nc2sc3c(c2C(N)=O)CCC3)cc1F. The number of benzene rings is 1. The number of hydrogen-bond donors (Lipinski definition) is 2. The minimum Gasteiger partial charge on any atom is -0.452 e. The van der Waals surface area contributed by atoms with E-state index in [4.69, 9.17) is 10.5 Å². The normalized spacial score (nSPS) is 12.5. The Morgan fingerprint density at radius 1 is 1.31 bits per heavy atom. The molecule has 3 N–H and O–H groups in total. The number of anilines is 1. The number of nitrogens with two attached hydrogens (primary N) is 1. The predicted molar refractivity (Wildman–Crippen MR) is 94.9 cm³/mol.